The summed E-state index contributed by atoms with van der Waals surface area (Å²) in [6, 6.07) is 18.8. The van der Waals surface area contributed by atoms with E-state index in [2.05, 4.69) is 5.32 Å². The van der Waals surface area contributed by atoms with Crippen LogP contribution in [0.1, 0.15) is 26.5 Å². The zero-order chi connectivity index (χ0) is 23.6. The minimum Gasteiger partial charge on any atom is -0.347 e. The van der Waals surface area contributed by atoms with Crippen molar-refractivity contribution in [2.75, 3.05) is 0 Å². The van der Waals surface area contributed by atoms with E-state index < -0.39 is 23.2 Å². The molecule has 4 aromatic rings. The Balaban J connectivity index is 1.88. The summed E-state index contributed by atoms with van der Waals surface area (Å²) in [5.41, 5.74) is 0.0818. The number of thiophene rings is 1. The molecule has 4 nitrogen and oxygen atoms in total. The number of pyridine rings is 1. The Morgan fingerprint density at radius 1 is 1.00 bits per heavy atom. The van der Waals surface area contributed by atoms with Gasteiger partial charge >= 0.3 is 6.18 Å². The van der Waals surface area contributed by atoms with Crippen LogP contribution in [0.5, 0.6) is 0 Å². The van der Waals surface area contributed by atoms with Gasteiger partial charge in [-0.15, -0.1) is 11.3 Å². The molecular formula is C25H19F3N2O2S. The van der Waals surface area contributed by atoms with Gasteiger partial charge in [-0.05, 0) is 48.2 Å². The molecule has 4 rings (SSSR count). The van der Waals surface area contributed by atoms with E-state index in [1.165, 1.54) is 29.5 Å². The van der Waals surface area contributed by atoms with E-state index in [4.69, 9.17) is 0 Å². The van der Waals surface area contributed by atoms with Gasteiger partial charge in [-0.25, -0.2) is 0 Å². The standard InChI is InChI=1S/C25H19F3N2O2S/c1-16-21(17-7-3-2-4-8-17)14-22(23(31)29-15-20-11-6-12-33-20)24(32)30(16)19-10-5-9-18(13-19)25(26,27)28/h2-14H,15H2,1H3,(H,29,31). The second kappa shape index (κ2) is 9.07. The maximum absolute atomic E-state index is 13.4. The molecule has 33 heavy (non-hydrogen) atoms. The number of nitrogens with one attached hydrogen (secondary N) is 1. The number of carbonyl (C=O) groups excluding carboxylic acids is 1. The normalized spacial score (nSPS) is 11.4. The minimum atomic E-state index is -4.56. The highest BCUT2D eigenvalue weighted by molar-refractivity contribution is 7.09. The quantitative estimate of drug-likeness (QED) is 0.401. The van der Waals surface area contributed by atoms with Gasteiger partial charge in [0.25, 0.3) is 11.5 Å². The summed E-state index contributed by atoms with van der Waals surface area (Å²) in [7, 11) is 0. The monoisotopic (exact) mass is 468 g/mol. The lowest BCUT2D eigenvalue weighted by Gasteiger charge is -2.18. The third kappa shape index (κ3) is 4.75. The summed E-state index contributed by atoms with van der Waals surface area (Å²) in [6.07, 6.45) is -4.56. The molecule has 1 N–H and O–H groups in total. The molecule has 0 saturated heterocycles. The predicted molar refractivity (Wildman–Crippen MR) is 123 cm³/mol. The largest absolute Gasteiger partial charge is 0.416 e. The highest BCUT2D eigenvalue weighted by Crippen LogP contribution is 2.31. The van der Waals surface area contributed by atoms with Gasteiger partial charge < -0.3 is 5.32 Å². The van der Waals surface area contributed by atoms with Crippen molar-refractivity contribution in [3.63, 3.8) is 0 Å². The van der Waals surface area contributed by atoms with Gasteiger partial charge in [0.15, 0.2) is 0 Å². The third-order valence-corrected chi connectivity index (χ3v) is 6.09. The lowest BCUT2D eigenvalue weighted by Crippen LogP contribution is -2.33. The van der Waals surface area contributed by atoms with Crippen LogP contribution in [-0.2, 0) is 12.7 Å². The number of hydrogen-bond acceptors (Lipinski definition) is 3. The topological polar surface area (TPSA) is 51.1 Å². The van der Waals surface area contributed by atoms with Gasteiger partial charge in [0.1, 0.15) is 5.56 Å². The second-order valence-electron chi connectivity index (χ2n) is 7.37. The van der Waals surface area contributed by atoms with E-state index in [1.54, 1.807) is 6.92 Å². The molecule has 168 valence electrons. The first kappa shape index (κ1) is 22.5. The molecule has 0 saturated carbocycles. The Hall–Kier alpha value is -3.65. The third-order valence-electron chi connectivity index (χ3n) is 5.21. The number of rotatable bonds is 5. The van der Waals surface area contributed by atoms with E-state index in [1.807, 2.05) is 47.8 Å². The number of alkyl halides is 3. The lowest BCUT2D eigenvalue weighted by molar-refractivity contribution is -0.137. The summed E-state index contributed by atoms with van der Waals surface area (Å²) >= 11 is 1.47. The van der Waals surface area contributed by atoms with Gasteiger partial charge in [-0.2, -0.15) is 13.2 Å². The van der Waals surface area contributed by atoms with Crippen molar-refractivity contribution in [2.24, 2.45) is 0 Å². The van der Waals surface area contributed by atoms with Crippen LogP contribution >= 0.6 is 11.3 Å². The van der Waals surface area contributed by atoms with Crippen LogP contribution in [-0.4, -0.2) is 10.5 Å². The van der Waals surface area contributed by atoms with Crippen molar-refractivity contribution in [1.29, 1.82) is 0 Å². The predicted octanol–water partition coefficient (Wildman–Crippen LogP) is 5.82. The van der Waals surface area contributed by atoms with Crippen molar-refractivity contribution in [1.82, 2.24) is 9.88 Å². The molecule has 0 bridgehead atoms. The molecule has 0 atom stereocenters. The Labute approximate surface area is 192 Å². The molecule has 0 radical (unpaired) electrons. The van der Waals surface area contributed by atoms with Crippen molar-refractivity contribution in [3.8, 4) is 16.8 Å². The van der Waals surface area contributed by atoms with Crippen LogP contribution in [0.25, 0.3) is 16.8 Å². The lowest BCUT2D eigenvalue weighted by atomic mass is 10.0. The zero-order valence-corrected chi connectivity index (χ0v) is 18.3. The maximum Gasteiger partial charge on any atom is 0.416 e. The van der Waals surface area contributed by atoms with Crippen LogP contribution in [0.4, 0.5) is 13.2 Å². The van der Waals surface area contributed by atoms with Crippen LogP contribution < -0.4 is 10.9 Å². The van der Waals surface area contributed by atoms with E-state index in [0.29, 0.717) is 11.3 Å². The van der Waals surface area contributed by atoms with Crippen molar-refractivity contribution in [3.05, 3.63) is 110 Å². The molecule has 0 spiro atoms. The summed E-state index contributed by atoms with van der Waals surface area (Å²) in [5, 5.41) is 4.61. The Morgan fingerprint density at radius 3 is 2.42 bits per heavy atom. The van der Waals surface area contributed by atoms with Crippen LogP contribution in [0, 0.1) is 6.92 Å². The first-order chi connectivity index (χ1) is 15.8. The number of amides is 1. The summed E-state index contributed by atoms with van der Waals surface area (Å²) < 4.78 is 41.1. The fourth-order valence-corrected chi connectivity index (χ4v) is 4.23. The molecule has 0 fully saturated rings. The van der Waals surface area contributed by atoms with E-state index >= 15 is 0 Å². The summed E-state index contributed by atoms with van der Waals surface area (Å²) in [4.78, 5) is 27.2. The average Bonchev–Trinajstić information content (AvgIpc) is 3.32. The Bertz CT molecular complexity index is 1340. The average molecular weight is 469 g/mol. The first-order valence-electron chi connectivity index (χ1n) is 10.1. The summed E-state index contributed by atoms with van der Waals surface area (Å²) in [5.74, 6) is -0.591. The van der Waals surface area contributed by atoms with Crippen molar-refractivity contribution < 1.29 is 18.0 Å². The smallest absolute Gasteiger partial charge is 0.347 e. The molecule has 8 heteroatoms. The van der Waals surface area contributed by atoms with Crippen LogP contribution in [0.3, 0.4) is 0 Å². The number of nitrogens with zero attached hydrogens (tertiary/aromatic N) is 1. The highest BCUT2D eigenvalue weighted by atomic mass is 32.1. The first-order valence-corrected chi connectivity index (χ1v) is 10.9. The second-order valence-corrected chi connectivity index (χ2v) is 8.41. The molecule has 0 aliphatic rings. The van der Waals surface area contributed by atoms with E-state index in [-0.39, 0.29) is 17.8 Å². The number of aromatic nitrogens is 1. The van der Waals surface area contributed by atoms with Gasteiger partial charge in [0, 0.05) is 21.8 Å². The van der Waals surface area contributed by atoms with Gasteiger partial charge in [-0.3, -0.25) is 14.2 Å². The Kier molecular flexibility index (Phi) is 6.20. The van der Waals surface area contributed by atoms with Crippen LogP contribution in [0.15, 0.2) is 83.0 Å². The molecule has 1 amide bonds. The molecule has 0 aliphatic carbocycles. The van der Waals surface area contributed by atoms with Gasteiger partial charge in [0.05, 0.1) is 12.1 Å². The number of hydrogen-bond donors (Lipinski definition) is 1. The summed E-state index contributed by atoms with van der Waals surface area (Å²) in [6.45, 7) is 1.89. The fourth-order valence-electron chi connectivity index (χ4n) is 3.58. The van der Waals surface area contributed by atoms with Gasteiger partial charge in [0.2, 0.25) is 0 Å². The van der Waals surface area contributed by atoms with Crippen LogP contribution in [0.2, 0.25) is 0 Å². The number of carbonyl (C=O) groups is 1. The van der Waals surface area contributed by atoms with E-state index in [9.17, 15) is 22.8 Å². The van der Waals surface area contributed by atoms with Crippen molar-refractivity contribution in [2.45, 2.75) is 19.6 Å². The Morgan fingerprint density at radius 2 is 1.76 bits per heavy atom. The molecule has 2 heterocycles. The number of benzene rings is 2. The van der Waals surface area contributed by atoms with E-state index in [0.717, 1.165) is 27.1 Å². The fraction of sp³-hybridized carbons (Fsp3) is 0.120. The molecule has 2 aromatic heterocycles. The maximum atomic E-state index is 13.4. The van der Waals surface area contributed by atoms with Gasteiger partial charge in [-0.1, -0.05) is 42.5 Å². The SMILES string of the molecule is Cc1c(-c2ccccc2)cc(C(=O)NCc2cccs2)c(=O)n1-c1cccc(C(F)(F)F)c1. The number of halogens is 3. The molecule has 0 unspecified atom stereocenters. The highest BCUT2D eigenvalue weighted by Gasteiger charge is 2.31. The minimum absolute atomic E-state index is 0.0393. The molecule has 0 aliphatic heterocycles. The zero-order valence-electron chi connectivity index (χ0n) is 17.5. The molecule has 2 aromatic carbocycles. The van der Waals surface area contributed by atoms with Crippen molar-refractivity contribution >= 4 is 17.2 Å². The molecular weight excluding hydrogens is 449 g/mol.